The lowest BCUT2D eigenvalue weighted by molar-refractivity contribution is -0.904. The minimum absolute atomic E-state index is 0.325. The summed E-state index contributed by atoms with van der Waals surface area (Å²) in [6.07, 6.45) is 2.03. The SMILES string of the molecule is CCC[NH+](CCC)C[C@H](O)c1ccccc1. The van der Waals surface area contributed by atoms with Crippen LogP contribution >= 0.6 is 0 Å². The molecule has 16 heavy (non-hydrogen) atoms. The van der Waals surface area contributed by atoms with Gasteiger partial charge in [0.2, 0.25) is 0 Å². The van der Waals surface area contributed by atoms with Crippen LogP contribution in [0.1, 0.15) is 38.4 Å². The zero-order valence-electron chi connectivity index (χ0n) is 10.4. The standard InChI is InChI=1S/C14H23NO/c1-3-10-15(11-4-2)12-14(16)13-8-6-5-7-9-13/h5-9,14,16H,3-4,10-12H2,1-2H3/p+1/t14-/m0/s1. The van der Waals surface area contributed by atoms with Crippen LogP contribution in [0.4, 0.5) is 0 Å². The van der Waals surface area contributed by atoms with Crippen molar-refractivity contribution in [2.75, 3.05) is 19.6 Å². The summed E-state index contributed by atoms with van der Waals surface area (Å²) < 4.78 is 0. The highest BCUT2D eigenvalue weighted by atomic mass is 16.3. The van der Waals surface area contributed by atoms with E-state index in [4.69, 9.17) is 0 Å². The van der Waals surface area contributed by atoms with Gasteiger partial charge in [-0.25, -0.2) is 0 Å². The first-order valence-corrected chi connectivity index (χ1v) is 6.34. The van der Waals surface area contributed by atoms with Crippen molar-refractivity contribution < 1.29 is 10.0 Å². The normalized spacial score (nSPS) is 13.0. The van der Waals surface area contributed by atoms with E-state index in [9.17, 15) is 5.11 Å². The highest BCUT2D eigenvalue weighted by molar-refractivity contribution is 5.17. The Bertz CT molecular complexity index is 267. The summed E-state index contributed by atoms with van der Waals surface area (Å²) in [6.45, 7) is 7.52. The van der Waals surface area contributed by atoms with Gasteiger partial charge >= 0.3 is 0 Å². The molecule has 1 atom stereocenters. The van der Waals surface area contributed by atoms with E-state index in [1.54, 1.807) is 0 Å². The molecule has 0 unspecified atom stereocenters. The molecule has 0 aliphatic rings. The molecule has 1 aromatic carbocycles. The summed E-state index contributed by atoms with van der Waals surface area (Å²) in [5, 5.41) is 10.1. The van der Waals surface area contributed by atoms with Crippen molar-refractivity contribution in [1.29, 1.82) is 0 Å². The van der Waals surface area contributed by atoms with Gasteiger partial charge in [-0.15, -0.1) is 0 Å². The average Bonchev–Trinajstić information content (AvgIpc) is 2.31. The predicted molar refractivity (Wildman–Crippen MR) is 67.5 cm³/mol. The molecule has 0 saturated heterocycles. The van der Waals surface area contributed by atoms with Crippen LogP contribution < -0.4 is 4.90 Å². The summed E-state index contributed by atoms with van der Waals surface area (Å²) in [5.41, 5.74) is 1.03. The van der Waals surface area contributed by atoms with Crippen molar-refractivity contribution >= 4 is 0 Å². The van der Waals surface area contributed by atoms with Crippen LogP contribution in [-0.4, -0.2) is 24.7 Å². The first kappa shape index (κ1) is 13.2. The fourth-order valence-electron chi connectivity index (χ4n) is 2.10. The van der Waals surface area contributed by atoms with Crippen LogP contribution in [0, 0.1) is 0 Å². The predicted octanol–water partition coefficient (Wildman–Crippen LogP) is 1.42. The third kappa shape index (κ3) is 4.33. The van der Waals surface area contributed by atoms with E-state index >= 15 is 0 Å². The molecule has 0 aliphatic heterocycles. The summed E-state index contributed by atoms with van der Waals surface area (Å²) in [7, 11) is 0. The molecule has 2 N–H and O–H groups in total. The van der Waals surface area contributed by atoms with E-state index in [0.717, 1.165) is 25.2 Å². The van der Waals surface area contributed by atoms with Gasteiger partial charge in [-0.3, -0.25) is 0 Å². The maximum Gasteiger partial charge on any atom is 0.128 e. The van der Waals surface area contributed by atoms with Gasteiger partial charge in [0.05, 0.1) is 13.1 Å². The van der Waals surface area contributed by atoms with Gasteiger partial charge in [-0.2, -0.15) is 0 Å². The Morgan fingerprint density at radius 1 is 1.06 bits per heavy atom. The first-order chi connectivity index (χ1) is 7.77. The molecule has 0 radical (unpaired) electrons. The Morgan fingerprint density at radius 2 is 1.62 bits per heavy atom. The number of rotatable bonds is 7. The lowest BCUT2D eigenvalue weighted by Crippen LogP contribution is -3.12. The van der Waals surface area contributed by atoms with Crippen molar-refractivity contribution in [3.8, 4) is 0 Å². The number of hydrogen-bond donors (Lipinski definition) is 2. The maximum atomic E-state index is 10.1. The number of quaternary nitrogens is 1. The third-order valence-corrected chi connectivity index (χ3v) is 2.87. The van der Waals surface area contributed by atoms with Gasteiger partial charge in [0, 0.05) is 0 Å². The van der Waals surface area contributed by atoms with E-state index in [0.29, 0.717) is 0 Å². The number of aliphatic hydroxyl groups is 1. The second-order valence-electron chi connectivity index (χ2n) is 4.38. The Morgan fingerprint density at radius 3 is 2.12 bits per heavy atom. The molecule has 0 aromatic heterocycles. The Labute approximate surface area is 98.9 Å². The fraction of sp³-hybridized carbons (Fsp3) is 0.571. The second kappa shape index (κ2) is 7.42. The molecule has 0 spiro atoms. The van der Waals surface area contributed by atoms with E-state index in [-0.39, 0.29) is 6.10 Å². The van der Waals surface area contributed by atoms with Crippen molar-refractivity contribution in [3.05, 3.63) is 35.9 Å². The molecule has 0 aliphatic carbocycles. The van der Waals surface area contributed by atoms with Gasteiger partial charge in [0.25, 0.3) is 0 Å². The number of benzene rings is 1. The van der Waals surface area contributed by atoms with Gasteiger partial charge in [-0.1, -0.05) is 44.2 Å². The second-order valence-corrected chi connectivity index (χ2v) is 4.38. The lowest BCUT2D eigenvalue weighted by Gasteiger charge is -2.21. The maximum absolute atomic E-state index is 10.1. The Hall–Kier alpha value is -0.860. The molecule has 0 bridgehead atoms. The molecule has 1 aromatic rings. The zero-order chi connectivity index (χ0) is 11.8. The van der Waals surface area contributed by atoms with Gasteiger partial charge < -0.3 is 10.0 Å². The quantitative estimate of drug-likeness (QED) is 0.716. The van der Waals surface area contributed by atoms with Crippen LogP contribution in [-0.2, 0) is 0 Å². The topological polar surface area (TPSA) is 24.7 Å². The van der Waals surface area contributed by atoms with Crippen molar-refractivity contribution in [3.63, 3.8) is 0 Å². The molecule has 2 heteroatoms. The number of hydrogen-bond acceptors (Lipinski definition) is 1. The monoisotopic (exact) mass is 222 g/mol. The van der Waals surface area contributed by atoms with E-state index in [1.807, 2.05) is 30.3 Å². The van der Waals surface area contributed by atoms with Crippen molar-refractivity contribution in [1.82, 2.24) is 0 Å². The number of aliphatic hydroxyl groups excluding tert-OH is 1. The van der Waals surface area contributed by atoms with Crippen LogP contribution in [0.3, 0.4) is 0 Å². The molecule has 0 amide bonds. The van der Waals surface area contributed by atoms with Gasteiger partial charge in [-0.05, 0) is 18.4 Å². The van der Waals surface area contributed by atoms with Crippen LogP contribution in [0.2, 0.25) is 0 Å². The molecule has 90 valence electrons. The Balaban J connectivity index is 2.50. The number of nitrogens with one attached hydrogen (secondary N) is 1. The molecule has 0 fully saturated rings. The highest BCUT2D eigenvalue weighted by Gasteiger charge is 2.14. The summed E-state index contributed by atoms with van der Waals surface area (Å²) >= 11 is 0. The van der Waals surface area contributed by atoms with Gasteiger partial charge in [0.15, 0.2) is 0 Å². The van der Waals surface area contributed by atoms with Crippen LogP contribution in [0.25, 0.3) is 0 Å². The summed E-state index contributed by atoms with van der Waals surface area (Å²) in [4.78, 5) is 1.50. The van der Waals surface area contributed by atoms with Crippen molar-refractivity contribution in [2.45, 2.75) is 32.8 Å². The summed E-state index contributed by atoms with van der Waals surface area (Å²) in [6, 6.07) is 9.95. The van der Waals surface area contributed by atoms with E-state index in [1.165, 1.54) is 17.7 Å². The molecular weight excluding hydrogens is 198 g/mol. The minimum atomic E-state index is -0.325. The highest BCUT2D eigenvalue weighted by Crippen LogP contribution is 2.09. The largest absolute Gasteiger partial charge is 0.382 e. The summed E-state index contributed by atoms with van der Waals surface area (Å²) in [5.74, 6) is 0. The lowest BCUT2D eigenvalue weighted by atomic mass is 10.1. The molecular formula is C14H24NO+. The Kier molecular flexibility index (Phi) is 6.12. The van der Waals surface area contributed by atoms with E-state index in [2.05, 4.69) is 13.8 Å². The fourth-order valence-corrected chi connectivity index (χ4v) is 2.10. The van der Waals surface area contributed by atoms with Crippen LogP contribution in [0.5, 0.6) is 0 Å². The van der Waals surface area contributed by atoms with Crippen molar-refractivity contribution in [2.24, 2.45) is 0 Å². The molecule has 2 nitrogen and oxygen atoms in total. The first-order valence-electron chi connectivity index (χ1n) is 6.34. The van der Waals surface area contributed by atoms with E-state index < -0.39 is 0 Å². The van der Waals surface area contributed by atoms with Crippen LogP contribution in [0.15, 0.2) is 30.3 Å². The zero-order valence-corrected chi connectivity index (χ0v) is 10.4. The minimum Gasteiger partial charge on any atom is -0.382 e. The van der Waals surface area contributed by atoms with Gasteiger partial charge in [0.1, 0.15) is 12.6 Å². The average molecular weight is 222 g/mol. The molecule has 1 rings (SSSR count). The third-order valence-electron chi connectivity index (χ3n) is 2.87. The molecule has 0 saturated carbocycles. The molecule has 0 heterocycles. The smallest absolute Gasteiger partial charge is 0.128 e.